The molecule has 0 saturated heterocycles. The van der Waals surface area contributed by atoms with Gasteiger partial charge in [0.25, 0.3) is 0 Å². The van der Waals surface area contributed by atoms with Crippen LogP contribution in [0.4, 0.5) is 0 Å². The third-order valence-corrected chi connectivity index (χ3v) is 4.57. The summed E-state index contributed by atoms with van der Waals surface area (Å²) in [4.78, 5) is 17.1. The Bertz CT molecular complexity index is 1190. The molecule has 3 aromatic rings. The van der Waals surface area contributed by atoms with Gasteiger partial charge in [-0.3, -0.25) is 9.36 Å². The maximum absolute atomic E-state index is 12.7. The lowest BCUT2D eigenvalue weighted by atomic mass is 10.2. The van der Waals surface area contributed by atoms with Gasteiger partial charge in [-0.15, -0.1) is 10.2 Å². The number of rotatable bonds is 8. The lowest BCUT2D eigenvalue weighted by Gasteiger charge is -2.17. The van der Waals surface area contributed by atoms with Crippen LogP contribution < -0.4 is 18.9 Å². The van der Waals surface area contributed by atoms with Gasteiger partial charge in [0, 0.05) is 6.07 Å². The lowest BCUT2D eigenvalue weighted by Crippen LogP contribution is -2.31. The number of nitrogens with one attached hydrogen (secondary N) is 1. The third-order valence-electron chi connectivity index (χ3n) is 4.01. The minimum absolute atomic E-state index is 0.156. The van der Waals surface area contributed by atoms with E-state index in [-0.39, 0.29) is 11.6 Å². The highest BCUT2D eigenvalue weighted by molar-refractivity contribution is 7.89. The molecule has 1 N–H and O–H groups in total. The Hall–Kier alpha value is -3.67. The minimum atomic E-state index is -3.85. The summed E-state index contributed by atoms with van der Waals surface area (Å²) >= 11 is 0. The number of hydrogen-bond donors (Lipinski definition) is 1. The average molecular weight is 447 g/mol. The molecule has 31 heavy (non-hydrogen) atoms. The van der Waals surface area contributed by atoms with Gasteiger partial charge in [-0.05, 0) is 25.1 Å². The van der Waals surface area contributed by atoms with E-state index in [1.807, 2.05) is 11.6 Å². The fourth-order valence-corrected chi connectivity index (χ4v) is 3.27. The van der Waals surface area contributed by atoms with E-state index in [0.717, 1.165) is 6.26 Å². The second-order valence-corrected chi connectivity index (χ2v) is 7.94. The number of hydrogen-bond acceptors (Lipinski definition) is 9. The van der Waals surface area contributed by atoms with Crippen LogP contribution in [0.15, 0.2) is 36.4 Å². The number of carbonyl (C=O) groups excluding carboxylic acids is 1. The smallest absolute Gasteiger partial charge is 0.303 e. The van der Waals surface area contributed by atoms with Crippen molar-refractivity contribution in [2.24, 2.45) is 0 Å². The molecule has 0 bridgehead atoms. The van der Waals surface area contributed by atoms with Gasteiger partial charge in [0.1, 0.15) is 22.9 Å². The van der Waals surface area contributed by atoms with Crippen LogP contribution in [0.2, 0.25) is 0 Å². The number of nitrogens with zero attached hydrogens (tertiary/aromatic N) is 4. The molecule has 0 aliphatic rings. The highest BCUT2D eigenvalue weighted by atomic mass is 32.2. The normalized spacial score (nSPS) is 11.1. The van der Waals surface area contributed by atoms with E-state index < -0.39 is 15.9 Å². The zero-order valence-electron chi connectivity index (χ0n) is 17.3. The van der Waals surface area contributed by atoms with Crippen LogP contribution in [-0.4, -0.2) is 61.2 Å². The highest BCUT2D eigenvalue weighted by Gasteiger charge is 2.28. The molecule has 0 saturated carbocycles. The number of benzene rings is 1. The Kier molecular flexibility index (Phi) is 6.39. The van der Waals surface area contributed by atoms with Gasteiger partial charge in [-0.2, -0.15) is 0 Å². The molecule has 0 radical (unpaired) electrons. The Balaban J connectivity index is 2.31. The van der Waals surface area contributed by atoms with E-state index in [0.29, 0.717) is 35.4 Å². The molecule has 2 heterocycles. The number of ether oxygens (including phenoxy) is 3. The molecule has 2 aromatic heterocycles. The zero-order chi connectivity index (χ0) is 22.6. The second-order valence-electron chi connectivity index (χ2n) is 6.19. The number of pyridine rings is 1. The van der Waals surface area contributed by atoms with Crippen molar-refractivity contribution >= 4 is 15.9 Å². The summed E-state index contributed by atoms with van der Waals surface area (Å²) in [6.07, 6.45) is 0.864. The molecule has 0 atom stereocenters. The van der Waals surface area contributed by atoms with Crippen molar-refractivity contribution in [1.29, 1.82) is 0 Å². The molecule has 0 spiro atoms. The predicted octanol–water partition coefficient (Wildman–Crippen LogP) is 1.43. The van der Waals surface area contributed by atoms with E-state index >= 15 is 0 Å². The van der Waals surface area contributed by atoms with Gasteiger partial charge in [-0.25, -0.2) is 18.1 Å². The first kappa shape index (κ1) is 22.0. The molecule has 1 amide bonds. The van der Waals surface area contributed by atoms with Crippen molar-refractivity contribution in [3.8, 4) is 34.6 Å². The van der Waals surface area contributed by atoms with Crippen molar-refractivity contribution in [2.45, 2.75) is 6.92 Å². The van der Waals surface area contributed by atoms with Gasteiger partial charge in [0.2, 0.25) is 21.7 Å². The Morgan fingerprint density at radius 2 is 1.71 bits per heavy atom. The molecule has 0 aliphatic carbocycles. The molecule has 0 aliphatic heterocycles. The molecule has 1 aromatic carbocycles. The predicted molar refractivity (Wildman–Crippen MR) is 111 cm³/mol. The topological polar surface area (TPSA) is 135 Å². The van der Waals surface area contributed by atoms with Crippen molar-refractivity contribution in [3.63, 3.8) is 0 Å². The molecule has 3 rings (SSSR count). The second kappa shape index (κ2) is 9.00. The van der Waals surface area contributed by atoms with Crippen LogP contribution in [0.3, 0.4) is 0 Å². The number of para-hydroxylation sites is 1. The van der Waals surface area contributed by atoms with Gasteiger partial charge < -0.3 is 14.2 Å². The maximum Gasteiger partial charge on any atom is 0.303 e. The molecule has 0 unspecified atom stereocenters. The lowest BCUT2D eigenvalue weighted by molar-refractivity contribution is 0.0969. The Labute approximate surface area is 179 Å². The first-order valence-corrected chi connectivity index (χ1v) is 11.0. The molecule has 164 valence electrons. The van der Waals surface area contributed by atoms with Crippen LogP contribution >= 0.6 is 0 Å². The monoisotopic (exact) mass is 447 g/mol. The van der Waals surface area contributed by atoms with Crippen LogP contribution in [0.25, 0.3) is 17.2 Å². The van der Waals surface area contributed by atoms with Crippen molar-refractivity contribution in [1.82, 2.24) is 24.5 Å². The fourth-order valence-electron chi connectivity index (χ4n) is 2.84. The number of carbonyl (C=O) groups is 1. The van der Waals surface area contributed by atoms with E-state index in [2.05, 4.69) is 15.2 Å². The summed E-state index contributed by atoms with van der Waals surface area (Å²) in [7, 11) is -0.948. The minimum Gasteiger partial charge on any atom is -0.494 e. The highest BCUT2D eigenvalue weighted by Crippen LogP contribution is 2.36. The SMILES string of the molecule is CCOc1cccc(-c2nnc(C(=O)NS(C)(=O)=O)n2-c2c(OC)cccc2OC)n1. The largest absolute Gasteiger partial charge is 0.494 e. The number of sulfonamides is 1. The van der Waals surface area contributed by atoms with Crippen LogP contribution in [0.5, 0.6) is 17.4 Å². The third kappa shape index (κ3) is 4.74. The quantitative estimate of drug-likeness (QED) is 0.544. The van der Waals surface area contributed by atoms with E-state index in [4.69, 9.17) is 14.2 Å². The van der Waals surface area contributed by atoms with Crippen molar-refractivity contribution in [2.75, 3.05) is 27.1 Å². The average Bonchev–Trinajstić information content (AvgIpc) is 3.17. The van der Waals surface area contributed by atoms with Crippen LogP contribution in [0, 0.1) is 0 Å². The van der Waals surface area contributed by atoms with E-state index in [1.165, 1.54) is 18.8 Å². The van der Waals surface area contributed by atoms with Crippen molar-refractivity contribution < 1.29 is 27.4 Å². The standard InChI is InChI=1S/C19H21N5O6S/c1-5-30-15-11-6-8-12(20-15)17-21-22-18(19(25)23-31(4,26)27)24(17)16-13(28-2)9-7-10-14(16)29-3/h6-11H,5H2,1-4H3,(H,23,25). The molecular weight excluding hydrogens is 426 g/mol. The van der Waals surface area contributed by atoms with Gasteiger partial charge in [0.05, 0.1) is 27.1 Å². The van der Waals surface area contributed by atoms with Crippen LogP contribution in [0.1, 0.15) is 17.5 Å². The van der Waals surface area contributed by atoms with E-state index in [9.17, 15) is 13.2 Å². The number of methoxy groups -OCH3 is 2. The van der Waals surface area contributed by atoms with Gasteiger partial charge in [-0.1, -0.05) is 12.1 Å². The number of amides is 1. The summed E-state index contributed by atoms with van der Waals surface area (Å²) in [5, 5.41) is 8.02. The summed E-state index contributed by atoms with van der Waals surface area (Å²) in [6, 6.07) is 10.1. The van der Waals surface area contributed by atoms with Crippen LogP contribution in [-0.2, 0) is 10.0 Å². The Morgan fingerprint density at radius 3 is 2.29 bits per heavy atom. The molecular formula is C19H21N5O6S. The maximum atomic E-state index is 12.7. The first-order chi connectivity index (χ1) is 14.8. The van der Waals surface area contributed by atoms with Gasteiger partial charge in [0.15, 0.2) is 5.82 Å². The van der Waals surface area contributed by atoms with Gasteiger partial charge >= 0.3 is 5.91 Å². The summed E-state index contributed by atoms with van der Waals surface area (Å²) in [6.45, 7) is 2.23. The molecule has 11 nitrogen and oxygen atoms in total. The summed E-state index contributed by atoms with van der Waals surface area (Å²) in [5.74, 6) is -0.0850. The first-order valence-electron chi connectivity index (χ1n) is 9.08. The van der Waals surface area contributed by atoms with E-state index in [1.54, 1.807) is 36.4 Å². The Morgan fingerprint density at radius 1 is 1.06 bits per heavy atom. The summed E-state index contributed by atoms with van der Waals surface area (Å²) in [5.41, 5.74) is 0.638. The molecule has 0 fully saturated rings. The fraction of sp³-hybridized carbons (Fsp3) is 0.263. The molecule has 12 heteroatoms. The number of aromatic nitrogens is 4. The zero-order valence-corrected chi connectivity index (χ0v) is 18.1. The van der Waals surface area contributed by atoms with Crippen molar-refractivity contribution in [3.05, 3.63) is 42.2 Å². The summed E-state index contributed by atoms with van der Waals surface area (Å²) < 4.78 is 42.8.